The highest BCUT2D eigenvalue weighted by molar-refractivity contribution is 5.79. The van der Waals surface area contributed by atoms with E-state index in [9.17, 15) is 15.0 Å². The molecule has 1 heterocycles. The van der Waals surface area contributed by atoms with Crippen molar-refractivity contribution in [2.45, 2.75) is 24.7 Å². The molecular formula is C25H21NO5. The van der Waals surface area contributed by atoms with E-state index < -0.39 is 6.16 Å². The molecule has 0 saturated heterocycles. The maximum absolute atomic E-state index is 12.5. The van der Waals surface area contributed by atoms with Gasteiger partial charge < -0.3 is 14.9 Å². The van der Waals surface area contributed by atoms with Crippen molar-refractivity contribution in [3.8, 4) is 22.9 Å². The molecule has 3 aliphatic carbocycles. The van der Waals surface area contributed by atoms with Gasteiger partial charge in [0.1, 0.15) is 6.61 Å². The molecule has 0 amide bonds. The molecule has 6 nitrogen and oxygen atoms in total. The van der Waals surface area contributed by atoms with E-state index in [1.165, 1.54) is 0 Å². The lowest BCUT2D eigenvalue weighted by Crippen LogP contribution is -2.23. The molecule has 0 saturated carbocycles. The van der Waals surface area contributed by atoms with E-state index in [0.29, 0.717) is 11.1 Å². The molecule has 6 heteroatoms. The predicted octanol–water partition coefficient (Wildman–Crippen LogP) is 4.66. The Labute approximate surface area is 178 Å². The summed E-state index contributed by atoms with van der Waals surface area (Å²) in [6, 6.07) is 16.1. The molecule has 2 bridgehead atoms. The number of aromatic hydroxyl groups is 2. The summed E-state index contributed by atoms with van der Waals surface area (Å²) in [5, 5.41) is 21.2. The first kappa shape index (κ1) is 18.1. The molecule has 0 radical (unpaired) electrons. The van der Waals surface area contributed by atoms with Gasteiger partial charge in [-0.3, -0.25) is 4.84 Å². The molecule has 3 aromatic rings. The first-order valence-corrected chi connectivity index (χ1v) is 10.4. The molecule has 31 heavy (non-hydrogen) atoms. The van der Waals surface area contributed by atoms with Gasteiger partial charge in [-0.25, -0.2) is 4.79 Å². The molecule has 0 fully saturated rings. The summed E-state index contributed by atoms with van der Waals surface area (Å²) in [6.45, 7) is 2.17. The summed E-state index contributed by atoms with van der Waals surface area (Å²) in [7, 11) is 0. The number of carbonyl (C=O) groups is 1. The zero-order valence-corrected chi connectivity index (χ0v) is 16.9. The maximum atomic E-state index is 12.5. The summed E-state index contributed by atoms with van der Waals surface area (Å²) in [4.78, 5) is 17.7. The Balaban J connectivity index is 1.22. The van der Waals surface area contributed by atoms with Gasteiger partial charge in [0.05, 0.1) is 0 Å². The highest BCUT2D eigenvalue weighted by Crippen LogP contribution is 2.59. The Bertz CT molecular complexity index is 1170. The van der Waals surface area contributed by atoms with Gasteiger partial charge in [0.25, 0.3) is 0 Å². The number of rotatable bonds is 3. The van der Waals surface area contributed by atoms with Crippen molar-refractivity contribution in [2.75, 3.05) is 6.61 Å². The SMILES string of the molecule is CC1C2C=CC1c1c2c(O)n(OC(=O)OCC2c3ccccc3-c3ccccc32)c1O. The average Bonchev–Trinajstić information content (AvgIpc) is 3.47. The fourth-order valence-electron chi connectivity index (χ4n) is 5.53. The van der Waals surface area contributed by atoms with Crippen molar-refractivity contribution in [1.29, 1.82) is 0 Å². The van der Waals surface area contributed by atoms with Crippen LogP contribution in [0.3, 0.4) is 0 Å². The van der Waals surface area contributed by atoms with Gasteiger partial charge in [-0.2, -0.15) is 0 Å². The number of hydrogen-bond donors (Lipinski definition) is 2. The molecule has 156 valence electrons. The number of fused-ring (bicyclic) bond motifs is 8. The van der Waals surface area contributed by atoms with Crippen LogP contribution in [0.15, 0.2) is 60.7 Å². The standard InChI is InChI=1S/C25H21NO5/c1-13-14-10-11-15(13)22-21(14)23(27)26(24(22)28)31-25(29)30-12-20-18-8-4-2-6-16(18)17-7-3-5-9-19(17)20/h2-11,13-15,20,27-28H,12H2,1H3. The number of nitrogens with zero attached hydrogens (tertiary/aromatic N) is 1. The normalized spacial score (nSPS) is 22.3. The number of carbonyl (C=O) groups excluding carboxylic acids is 1. The van der Waals surface area contributed by atoms with Crippen molar-refractivity contribution in [2.24, 2.45) is 5.92 Å². The number of benzene rings is 2. The molecule has 3 aliphatic rings. The van der Waals surface area contributed by atoms with Gasteiger partial charge in [0.15, 0.2) is 0 Å². The third-order valence-electron chi connectivity index (χ3n) is 6.98. The lowest BCUT2D eigenvalue weighted by atomic mass is 9.96. The molecule has 2 N–H and O–H groups in total. The van der Waals surface area contributed by atoms with Crippen LogP contribution >= 0.6 is 0 Å². The average molecular weight is 415 g/mol. The third-order valence-corrected chi connectivity index (χ3v) is 6.98. The molecule has 6 rings (SSSR count). The summed E-state index contributed by atoms with van der Waals surface area (Å²) < 4.78 is 6.21. The quantitative estimate of drug-likeness (QED) is 0.480. The van der Waals surface area contributed by atoms with E-state index in [0.717, 1.165) is 27.0 Å². The van der Waals surface area contributed by atoms with Crippen LogP contribution in [0.4, 0.5) is 4.79 Å². The van der Waals surface area contributed by atoms with E-state index in [1.54, 1.807) is 0 Å². The summed E-state index contributed by atoms with van der Waals surface area (Å²) in [5.74, 6) is -0.297. The summed E-state index contributed by atoms with van der Waals surface area (Å²) in [5.41, 5.74) is 5.72. The van der Waals surface area contributed by atoms with E-state index in [4.69, 9.17) is 9.57 Å². The topological polar surface area (TPSA) is 80.9 Å². The van der Waals surface area contributed by atoms with E-state index in [-0.39, 0.29) is 42.0 Å². The highest BCUT2D eigenvalue weighted by atomic mass is 16.8. The number of aromatic nitrogens is 1. The molecule has 2 atom stereocenters. The monoisotopic (exact) mass is 415 g/mol. The highest BCUT2D eigenvalue weighted by Gasteiger charge is 2.47. The maximum Gasteiger partial charge on any atom is 0.534 e. The first-order valence-electron chi connectivity index (χ1n) is 10.4. The number of ether oxygens (including phenoxy) is 1. The largest absolute Gasteiger partial charge is 0.534 e. The zero-order valence-electron chi connectivity index (χ0n) is 16.9. The second kappa shape index (κ2) is 6.41. The van der Waals surface area contributed by atoms with Gasteiger partial charge in [0, 0.05) is 28.9 Å². The Morgan fingerprint density at radius 1 is 0.903 bits per heavy atom. The van der Waals surface area contributed by atoms with Crippen LogP contribution in [0.1, 0.15) is 46.9 Å². The third kappa shape index (κ3) is 2.42. The van der Waals surface area contributed by atoms with Crippen LogP contribution in [0.25, 0.3) is 11.1 Å². The Hall–Kier alpha value is -3.67. The fraction of sp³-hybridized carbons (Fsp3) is 0.240. The lowest BCUT2D eigenvalue weighted by Gasteiger charge is -2.15. The van der Waals surface area contributed by atoms with Crippen LogP contribution in [-0.4, -0.2) is 27.7 Å². The second-order valence-corrected chi connectivity index (χ2v) is 8.44. The van der Waals surface area contributed by atoms with Gasteiger partial charge in [0.2, 0.25) is 11.8 Å². The number of allylic oxidation sites excluding steroid dienone is 2. The van der Waals surface area contributed by atoms with Crippen LogP contribution in [0, 0.1) is 5.92 Å². The molecule has 0 aliphatic heterocycles. The fourth-order valence-corrected chi connectivity index (χ4v) is 5.53. The van der Waals surface area contributed by atoms with Crippen molar-refractivity contribution >= 4 is 6.16 Å². The second-order valence-electron chi connectivity index (χ2n) is 8.44. The van der Waals surface area contributed by atoms with Crippen molar-refractivity contribution in [3.63, 3.8) is 0 Å². The Morgan fingerprint density at radius 2 is 1.42 bits per heavy atom. The molecule has 2 unspecified atom stereocenters. The van der Waals surface area contributed by atoms with Crippen LogP contribution in [0.5, 0.6) is 11.8 Å². The van der Waals surface area contributed by atoms with Gasteiger partial charge in [-0.05, 0) is 28.2 Å². The minimum Gasteiger partial charge on any atom is -0.492 e. The first-order chi connectivity index (χ1) is 15.1. The van der Waals surface area contributed by atoms with Crippen molar-refractivity contribution in [3.05, 3.63) is 82.9 Å². The molecule has 1 aromatic heterocycles. The van der Waals surface area contributed by atoms with Gasteiger partial charge in [-0.15, -0.1) is 4.73 Å². The minimum atomic E-state index is -0.977. The summed E-state index contributed by atoms with van der Waals surface area (Å²) >= 11 is 0. The smallest absolute Gasteiger partial charge is 0.492 e. The van der Waals surface area contributed by atoms with Crippen LogP contribution in [-0.2, 0) is 4.74 Å². The number of hydrogen-bond acceptors (Lipinski definition) is 5. The molecule has 0 spiro atoms. The van der Waals surface area contributed by atoms with Crippen molar-refractivity contribution in [1.82, 2.24) is 4.73 Å². The Kier molecular flexibility index (Phi) is 3.75. The zero-order chi connectivity index (χ0) is 21.3. The van der Waals surface area contributed by atoms with Crippen molar-refractivity contribution < 1.29 is 24.6 Å². The van der Waals surface area contributed by atoms with Crippen LogP contribution in [0.2, 0.25) is 0 Å². The lowest BCUT2D eigenvalue weighted by molar-refractivity contribution is 0.0335. The van der Waals surface area contributed by atoms with E-state index in [2.05, 4.69) is 19.1 Å². The molecule has 2 aromatic carbocycles. The van der Waals surface area contributed by atoms with Crippen LogP contribution < -0.4 is 4.84 Å². The van der Waals surface area contributed by atoms with E-state index >= 15 is 0 Å². The van der Waals surface area contributed by atoms with E-state index in [1.807, 2.05) is 48.6 Å². The minimum absolute atomic E-state index is 0.0123. The molecular weight excluding hydrogens is 394 g/mol. The summed E-state index contributed by atoms with van der Waals surface area (Å²) in [6.07, 6.45) is 3.07. The Morgan fingerprint density at radius 3 is 1.97 bits per heavy atom. The predicted molar refractivity (Wildman–Crippen MR) is 113 cm³/mol. The van der Waals surface area contributed by atoms with Gasteiger partial charge >= 0.3 is 6.16 Å². The van der Waals surface area contributed by atoms with Gasteiger partial charge in [-0.1, -0.05) is 67.6 Å².